The maximum absolute atomic E-state index is 13.3. The molecule has 0 atom stereocenters. The van der Waals surface area contributed by atoms with Gasteiger partial charge in [-0.25, -0.2) is 4.79 Å². The highest BCUT2D eigenvalue weighted by molar-refractivity contribution is 9.09. The molecule has 0 aromatic carbocycles. The van der Waals surface area contributed by atoms with Crippen LogP contribution in [0.1, 0.15) is 113 Å². The average Bonchev–Trinajstić information content (AvgIpc) is 3.41. The van der Waals surface area contributed by atoms with Gasteiger partial charge in [-0.3, -0.25) is 34.1 Å². The minimum absolute atomic E-state index is 0.0133. The van der Waals surface area contributed by atoms with Crippen LogP contribution < -0.4 is 0 Å². The summed E-state index contributed by atoms with van der Waals surface area (Å²) in [4.78, 5) is 71.9. The van der Waals surface area contributed by atoms with Crippen molar-refractivity contribution in [2.75, 3.05) is 18.4 Å². The van der Waals surface area contributed by atoms with Gasteiger partial charge in [-0.05, 0) is 78.7 Å². The number of Topliss-reactive ketones (excluding diaryl/α,β-unsaturated/α-hetero) is 4. The van der Waals surface area contributed by atoms with Crippen molar-refractivity contribution in [2.45, 2.75) is 99.0 Å². The summed E-state index contributed by atoms with van der Waals surface area (Å²) in [6, 6.07) is 0. The molecule has 0 spiro atoms. The number of halogens is 1. The zero-order valence-corrected chi connectivity index (χ0v) is 31.9. The Morgan fingerprint density at radius 2 is 1.44 bits per heavy atom. The van der Waals surface area contributed by atoms with Crippen molar-refractivity contribution in [1.29, 1.82) is 0 Å². The molecule has 1 amide bonds. The lowest BCUT2D eigenvalue weighted by molar-refractivity contribution is -0.118. The molecule has 0 N–H and O–H groups in total. The van der Waals surface area contributed by atoms with E-state index in [1.54, 1.807) is 59.6 Å². The molecule has 270 valence electrons. The third-order valence-corrected chi connectivity index (χ3v) is 8.76. The number of nitrogens with zero attached hydrogens (tertiary/aromatic N) is 5. The van der Waals surface area contributed by atoms with Crippen LogP contribution in [0.5, 0.6) is 0 Å². The van der Waals surface area contributed by atoms with Gasteiger partial charge < -0.3 is 14.0 Å². The predicted octanol–water partition coefficient (Wildman–Crippen LogP) is 7.28. The fraction of sp³-hybridized carbons (Fsp3) is 0.526. The van der Waals surface area contributed by atoms with Gasteiger partial charge in [0.15, 0.2) is 11.6 Å². The summed E-state index contributed by atoms with van der Waals surface area (Å²) in [7, 11) is 0. The fourth-order valence-corrected chi connectivity index (χ4v) is 5.68. The summed E-state index contributed by atoms with van der Waals surface area (Å²) >= 11 is 2.96. The van der Waals surface area contributed by atoms with Crippen molar-refractivity contribution < 1.29 is 28.7 Å². The van der Waals surface area contributed by atoms with Crippen LogP contribution in [0.2, 0.25) is 0 Å². The van der Waals surface area contributed by atoms with Crippen molar-refractivity contribution in [3.8, 4) is 11.8 Å². The summed E-state index contributed by atoms with van der Waals surface area (Å²) in [5.41, 5.74) is 1.90. The van der Waals surface area contributed by atoms with Gasteiger partial charge in [-0.1, -0.05) is 41.1 Å². The highest BCUT2D eigenvalue weighted by atomic mass is 79.9. The van der Waals surface area contributed by atoms with E-state index in [1.807, 2.05) is 27.7 Å². The lowest BCUT2D eigenvalue weighted by Crippen LogP contribution is -2.43. The van der Waals surface area contributed by atoms with Gasteiger partial charge in [0.05, 0.1) is 22.7 Å². The van der Waals surface area contributed by atoms with E-state index in [4.69, 9.17) is 4.74 Å². The lowest BCUT2D eigenvalue weighted by Gasteiger charge is -2.33. The molecule has 2 aliphatic rings. The van der Waals surface area contributed by atoms with E-state index in [0.717, 1.165) is 12.8 Å². The van der Waals surface area contributed by atoms with Crippen molar-refractivity contribution >= 4 is 50.7 Å². The minimum atomic E-state index is -0.539. The summed E-state index contributed by atoms with van der Waals surface area (Å²) in [6.07, 6.45) is 18.1. The van der Waals surface area contributed by atoms with Crippen LogP contribution in [0.4, 0.5) is 4.79 Å². The molecule has 12 heteroatoms. The first-order valence-corrected chi connectivity index (χ1v) is 18.0. The molecule has 1 aliphatic carbocycles. The van der Waals surface area contributed by atoms with Gasteiger partial charge in [0.25, 0.3) is 0 Å². The van der Waals surface area contributed by atoms with E-state index >= 15 is 0 Å². The highest BCUT2D eigenvalue weighted by Crippen LogP contribution is 2.30. The Hall–Kier alpha value is -4.24. The molecule has 1 saturated heterocycles. The van der Waals surface area contributed by atoms with Crippen molar-refractivity contribution in [1.82, 2.24) is 24.3 Å². The van der Waals surface area contributed by atoms with E-state index in [2.05, 4.69) is 42.7 Å². The molecule has 50 heavy (non-hydrogen) atoms. The first kappa shape index (κ1) is 41.9. The molecule has 0 bridgehead atoms. The van der Waals surface area contributed by atoms with Crippen LogP contribution in [0.15, 0.2) is 43.4 Å². The number of ether oxygens (including phenoxy) is 1. The Morgan fingerprint density at radius 1 is 0.880 bits per heavy atom. The van der Waals surface area contributed by atoms with E-state index in [9.17, 15) is 24.0 Å². The molecular formula is C38H50BrN5O6. The second-order valence-electron chi connectivity index (χ2n) is 13.1. The monoisotopic (exact) mass is 751 g/mol. The minimum Gasteiger partial charge on any atom is -0.444 e. The number of carbonyl (C=O) groups excluding carboxylic acids is 5. The molecule has 0 unspecified atom stereocenters. The number of amides is 1. The second kappa shape index (κ2) is 21.1. The van der Waals surface area contributed by atoms with Gasteiger partial charge in [-0.15, -0.1) is 0 Å². The Labute approximate surface area is 304 Å². The summed E-state index contributed by atoms with van der Waals surface area (Å²) in [5, 5.41) is 0.479. The van der Waals surface area contributed by atoms with Crippen molar-refractivity contribution in [2.24, 2.45) is 11.8 Å². The Morgan fingerprint density at radius 3 is 1.90 bits per heavy atom. The summed E-state index contributed by atoms with van der Waals surface area (Å²) in [6.45, 7) is 13.0. The van der Waals surface area contributed by atoms with Crippen molar-refractivity contribution in [3.05, 3.63) is 60.2 Å². The third-order valence-electron chi connectivity index (χ3n) is 7.97. The third kappa shape index (κ3) is 13.6. The SMILES string of the molecule is CC#CC(=O)C1CCCCC1.CC(=O)CBr.CC(=O)c1c(C)c(C(=O)C2CCN(C(=O)OC(C)(C)C)CC2)c2cnccn12.c1cnccn1. The number of ketones is 4. The van der Waals surface area contributed by atoms with Crippen LogP contribution in [0.25, 0.3) is 5.52 Å². The molecular weight excluding hydrogens is 702 g/mol. The first-order valence-electron chi connectivity index (χ1n) is 16.9. The molecule has 1 saturated carbocycles. The number of piperidine rings is 1. The Balaban J connectivity index is 0.000000318. The molecule has 0 radical (unpaired) electrons. The maximum Gasteiger partial charge on any atom is 0.410 e. The second-order valence-corrected chi connectivity index (χ2v) is 13.7. The maximum atomic E-state index is 13.3. The predicted molar refractivity (Wildman–Crippen MR) is 196 cm³/mol. The normalized spacial score (nSPS) is 14.6. The van der Waals surface area contributed by atoms with E-state index in [1.165, 1.54) is 33.1 Å². The quantitative estimate of drug-likeness (QED) is 0.114. The number of likely N-dealkylation sites (tertiary alicyclic amines) is 1. The number of carbonyl (C=O) groups is 5. The zero-order valence-electron chi connectivity index (χ0n) is 30.3. The van der Waals surface area contributed by atoms with E-state index in [-0.39, 0.29) is 41.1 Å². The number of hydrogen-bond donors (Lipinski definition) is 0. The highest BCUT2D eigenvalue weighted by Gasteiger charge is 2.33. The van der Waals surface area contributed by atoms with Crippen molar-refractivity contribution in [3.63, 3.8) is 0 Å². The molecule has 1 aliphatic heterocycles. The topological polar surface area (TPSA) is 141 Å². The standard InChI is InChI=1S/C21H27N3O4.C10H14O.C4H4N2.C3H5BrO/c1-13-17(16-12-22-8-11-24(16)18(13)14(2)25)19(26)15-6-9-23(10-7-15)20(27)28-21(3,4)5;1-2-6-10(11)9-7-4-3-5-8-9;1-2-6-4-3-5-1;1-3(5)2-4/h8,11-12,15H,6-7,9-10H2,1-5H3;9H,3-5,7-8H2,1H3;1-4H;2H2,1H3. The molecule has 3 aromatic rings. The molecule has 2 fully saturated rings. The Kier molecular flexibility index (Phi) is 17.7. The number of hydrogen-bond acceptors (Lipinski definition) is 9. The van der Waals surface area contributed by atoms with E-state index in [0.29, 0.717) is 53.6 Å². The molecule has 3 aromatic heterocycles. The molecule has 5 rings (SSSR count). The van der Waals surface area contributed by atoms with Gasteiger partial charge in [-0.2, -0.15) is 0 Å². The Bertz CT molecular complexity index is 1610. The van der Waals surface area contributed by atoms with E-state index < -0.39 is 5.60 Å². The molecule has 11 nitrogen and oxygen atoms in total. The van der Waals surface area contributed by atoms with Crippen LogP contribution >= 0.6 is 15.9 Å². The number of fused-ring (bicyclic) bond motifs is 1. The molecule has 4 heterocycles. The van der Waals surface area contributed by atoms with Crippen LogP contribution in [-0.4, -0.2) is 77.5 Å². The van der Waals surface area contributed by atoms with Crippen LogP contribution in [-0.2, 0) is 14.3 Å². The fourth-order valence-electron chi connectivity index (χ4n) is 5.68. The summed E-state index contributed by atoms with van der Waals surface area (Å²) in [5.74, 6) is 5.62. The van der Waals surface area contributed by atoms with Crippen LogP contribution in [0, 0.1) is 30.6 Å². The lowest BCUT2D eigenvalue weighted by atomic mass is 9.86. The van der Waals surface area contributed by atoms with Crippen LogP contribution in [0.3, 0.4) is 0 Å². The van der Waals surface area contributed by atoms with Gasteiger partial charge in [0.2, 0.25) is 5.78 Å². The average molecular weight is 753 g/mol. The zero-order chi connectivity index (χ0) is 37.3. The van der Waals surface area contributed by atoms with Gasteiger partial charge in [0.1, 0.15) is 11.4 Å². The van der Waals surface area contributed by atoms with Gasteiger partial charge >= 0.3 is 6.09 Å². The smallest absolute Gasteiger partial charge is 0.410 e. The summed E-state index contributed by atoms with van der Waals surface area (Å²) < 4.78 is 7.16. The number of rotatable bonds is 5. The largest absolute Gasteiger partial charge is 0.444 e. The first-order chi connectivity index (χ1) is 23.7. The number of aromatic nitrogens is 4. The number of alkyl halides is 1. The van der Waals surface area contributed by atoms with Gasteiger partial charge in [0, 0.05) is 74.6 Å².